The van der Waals surface area contributed by atoms with E-state index in [-0.39, 0.29) is 23.8 Å². The molecule has 130 valence electrons. The number of nitrogens with zero attached hydrogens (tertiary/aromatic N) is 1. The SMILES string of the molecule is CC(C)CC(=O)N1CCC(NC(=O)C2CC23CCNCC3)CC1. The van der Waals surface area contributed by atoms with Crippen LogP contribution in [0.2, 0.25) is 0 Å². The molecule has 2 amide bonds. The van der Waals surface area contributed by atoms with Gasteiger partial charge < -0.3 is 15.5 Å². The van der Waals surface area contributed by atoms with Crippen molar-refractivity contribution in [1.29, 1.82) is 0 Å². The largest absolute Gasteiger partial charge is 0.353 e. The van der Waals surface area contributed by atoms with Gasteiger partial charge in [-0.3, -0.25) is 9.59 Å². The van der Waals surface area contributed by atoms with E-state index in [1.807, 2.05) is 4.90 Å². The summed E-state index contributed by atoms with van der Waals surface area (Å²) in [7, 11) is 0. The highest BCUT2D eigenvalue weighted by atomic mass is 16.2. The molecule has 0 bridgehead atoms. The zero-order valence-corrected chi connectivity index (χ0v) is 14.6. The van der Waals surface area contributed by atoms with Gasteiger partial charge in [0.2, 0.25) is 11.8 Å². The first-order chi connectivity index (χ1) is 11.0. The number of carbonyl (C=O) groups excluding carboxylic acids is 2. The average molecular weight is 321 g/mol. The summed E-state index contributed by atoms with van der Waals surface area (Å²) < 4.78 is 0. The molecule has 23 heavy (non-hydrogen) atoms. The van der Waals surface area contributed by atoms with E-state index in [9.17, 15) is 9.59 Å². The van der Waals surface area contributed by atoms with Crippen LogP contribution >= 0.6 is 0 Å². The predicted octanol–water partition coefficient (Wildman–Crippen LogP) is 1.53. The topological polar surface area (TPSA) is 61.4 Å². The summed E-state index contributed by atoms with van der Waals surface area (Å²) in [6.07, 6.45) is 5.80. The maximum atomic E-state index is 12.5. The Morgan fingerprint density at radius 3 is 2.48 bits per heavy atom. The maximum absolute atomic E-state index is 12.5. The number of piperidine rings is 2. The highest BCUT2D eigenvalue weighted by molar-refractivity contribution is 5.83. The quantitative estimate of drug-likeness (QED) is 0.825. The van der Waals surface area contributed by atoms with Crippen molar-refractivity contribution in [3.8, 4) is 0 Å². The molecule has 5 nitrogen and oxygen atoms in total. The molecule has 3 aliphatic rings. The minimum absolute atomic E-state index is 0.241. The third-order valence-corrected chi connectivity index (χ3v) is 5.88. The predicted molar refractivity (Wildman–Crippen MR) is 89.8 cm³/mol. The van der Waals surface area contributed by atoms with E-state index >= 15 is 0 Å². The van der Waals surface area contributed by atoms with E-state index in [0.29, 0.717) is 17.8 Å². The first-order valence-corrected chi connectivity index (χ1v) is 9.29. The number of amides is 2. The molecule has 1 saturated carbocycles. The van der Waals surface area contributed by atoms with Crippen LogP contribution in [0.1, 0.15) is 52.4 Å². The number of rotatable bonds is 4. The molecule has 5 heteroatoms. The van der Waals surface area contributed by atoms with Gasteiger partial charge in [0, 0.05) is 31.5 Å². The van der Waals surface area contributed by atoms with E-state index < -0.39 is 0 Å². The summed E-state index contributed by atoms with van der Waals surface area (Å²) >= 11 is 0. The van der Waals surface area contributed by atoms with Crippen molar-refractivity contribution in [2.75, 3.05) is 26.2 Å². The lowest BCUT2D eigenvalue weighted by molar-refractivity contribution is -0.133. The fourth-order valence-corrected chi connectivity index (χ4v) is 4.25. The lowest BCUT2D eigenvalue weighted by Crippen LogP contribution is -2.47. The minimum atomic E-state index is 0.241. The lowest BCUT2D eigenvalue weighted by Gasteiger charge is -2.33. The van der Waals surface area contributed by atoms with Gasteiger partial charge in [0.1, 0.15) is 0 Å². The second kappa shape index (κ2) is 6.80. The number of nitrogens with one attached hydrogen (secondary N) is 2. The molecule has 2 saturated heterocycles. The molecule has 1 spiro atoms. The molecule has 3 rings (SSSR count). The van der Waals surface area contributed by atoms with Crippen LogP contribution in [-0.4, -0.2) is 48.9 Å². The molecular formula is C18H31N3O2. The van der Waals surface area contributed by atoms with Gasteiger partial charge in [-0.1, -0.05) is 13.8 Å². The van der Waals surface area contributed by atoms with Crippen molar-refractivity contribution in [2.24, 2.45) is 17.3 Å². The Morgan fingerprint density at radius 1 is 1.22 bits per heavy atom. The zero-order valence-electron chi connectivity index (χ0n) is 14.6. The van der Waals surface area contributed by atoms with Crippen LogP contribution in [0.4, 0.5) is 0 Å². The second-order valence-corrected chi connectivity index (χ2v) is 8.13. The Labute approximate surface area is 139 Å². The summed E-state index contributed by atoms with van der Waals surface area (Å²) in [6, 6.07) is 0.255. The lowest BCUT2D eigenvalue weighted by atomic mass is 9.91. The van der Waals surface area contributed by atoms with Crippen molar-refractivity contribution in [2.45, 2.75) is 58.4 Å². The number of likely N-dealkylation sites (tertiary alicyclic amines) is 1. The number of carbonyl (C=O) groups is 2. The van der Waals surface area contributed by atoms with Gasteiger partial charge in [0.15, 0.2) is 0 Å². The van der Waals surface area contributed by atoms with Gasteiger partial charge in [-0.15, -0.1) is 0 Å². The van der Waals surface area contributed by atoms with Crippen LogP contribution in [0.5, 0.6) is 0 Å². The standard InChI is InChI=1S/C18H31N3O2/c1-13(2)11-16(22)21-9-3-14(4-10-21)20-17(23)15-12-18(15)5-7-19-8-6-18/h13-15,19H,3-12H2,1-2H3,(H,20,23). The molecule has 0 aromatic carbocycles. The van der Waals surface area contributed by atoms with Gasteiger partial charge in [0.05, 0.1) is 0 Å². The van der Waals surface area contributed by atoms with Gasteiger partial charge in [-0.05, 0) is 56.5 Å². The summed E-state index contributed by atoms with van der Waals surface area (Å²) in [5, 5.41) is 6.64. The van der Waals surface area contributed by atoms with Crippen LogP contribution < -0.4 is 10.6 Å². The highest BCUT2D eigenvalue weighted by Gasteiger charge is 2.57. The Morgan fingerprint density at radius 2 is 1.87 bits per heavy atom. The molecule has 1 aliphatic carbocycles. The normalized spacial score (nSPS) is 27.3. The molecule has 3 fully saturated rings. The number of hydrogen-bond acceptors (Lipinski definition) is 3. The average Bonchev–Trinajstić information content (AvgIpc) is 3.21. The summed E-state index contributed by atoms with van der Waals surface area (Å²) in [6.45, 7) is 7.85. The minimum Gasteiger partial charge on any atom is -0.353 e. The third kappa shape index (κ3) is 3.87. The van der Waals surface area contributed by atoms with Crippen molar-refractivity contribution in [1.82, 2.24) is 15.5 Å². The Kier molecular flexibility index (Phi) is 4.95. The van der Waals surface area contributed by atoms with Crippen molar-refractivity contribution >= 4 is 11.8 Å². The molecule has 2 aliphatic heterocycles. The summed E-state index contributed by atoms with van der Waals surface area (Å²) in [4.78, 5) is 26.6. The Bertz CT molecular complexity index is 449. The Balaban J connectivity index is 1.41. The van der Waals surface area contributed by atoms with Crippen molar-refractivity contribution in [3.63, 3.8) is 0 Å². The molecule has 2 heterocycles. The smallest absolute Gasteiger partial charge is 0.223 e. The third-order valence-electron chi connectivity index (χ3n) is 5.88. The Hall–Kier alpha value is -1.10. The summed E-state index contributed by atoms with van der Waals surface area (Å²) in [5.41, 5.74) is 0.309. The highest BCUT2D eigenvalue weighted by Crippen LogP contribution is 2.58. The summed E-state index contributed by atoms with van der Waals surface area (Å²) in [5.74, 6) is 1.18. The monoisotopic (exact) mass is 321 g/mol. The van der Waals surface area contributed by atoms with Gasteiger partial charge in [-0.25, -0.2) is 0 Å². The second-order valence-electron chi connectivity index (χ2n) is 8.13. The maximum Gasteiger partial charge on any atom is 0.223 e. The van der Waals surface area contributed by atoms with Crippen LogP contribution in [-0.2, 0) is 9.59 Å². The fourth-order valence-electron chi connectivity index (χ4n) is 4.25. The van der Waals surface area contributed by atoms with E-state index in [1.54, 1.807) is 0 Å². The van der Waals surface area contributed by atoms with E-state index in [1.165, 1.54) is 0 Å². The van der Waals surface area contributed by atoms with E-state index in [2.05, 4.69) is 24.5 Å². The van der Waals surface area contributed by atoms with Gasteiger partial charge in [-0.2, -0.15) is 0 Å². The van der Waals surface area contributed by atoms with Gasteiger partial charge in [0.25, 0.3) is 0 Å². The molecule has 2 N–H and O–H groups in total. The van der Waals surface area contributed by atoms with Gasteiger partial charge >= 0.3 is 0 Å². The van der Waals surface area contributed by atoms with Crippen LogP contribution in [0.3, 0.4) is 0 Å². The van der Waals surface area contributed by atoms with Crippen LogP contribution in [0.25, 0.3) is 0 Å². The molecule has 1 unspecified atom stereocenters. The first-order valence-electron chi connectivity index (χ1n) is 9.29. The molecule has 0 aromatic heterocycles. The first kappa shape index (κ1) is 16.7. The van der Waals surface area contributed by atoms with E-state index in [0.717, 1.165) is 58.3 Å². The molecule has 1 atom stereocenters. The molecule has 0 aromatic rings. The van der Waals surface area contributed by atoms with E-state index in [4.69, 9.17) is 0 Å². The van der Waals surface area contributed by atoms with Crippen LogP contribution in [0, 0.1) is 17.3 Å². The zero-order chi connectivity index (χ0) is 16.4. The van der Waals surface area contributed by atoms with Crippen molar-refractivity contribution < 1.29 is 9.59 Å². The van der Waals surface area contributed by atoms with Crippen molar-refractivity contribution in [3.05, 3.63) is 0 Å². The number of hydrogen-bond donors (Lipinski definition) is 2. The molecule has 0 radical (unpaired) electrons. The van der Waals surface area contributed by atoms with Crippen LogP contribution in [0.15, 0.2) is 0 Å². The fraction of sp³-hybridized carbons (Fsp3) is 0.889. The molecular weight excluding hydrogens is 290 g/mol.